The van der Waals surface area contributed by atoms with Gasteiger partial charge in [-0.25, -0.2) is 4.98 Å². The Morgan fingerprint density at radius 3 is 2.89 bits per heavy atom. The molecule has 1 aliphatic rings. The summed E-state index contributed by atoms with van der Waals surface area (Å²) in [6.07, 6.45) is 8.78. The molecule has 1 saturated carbocycles. The highest BCUT2D eigenvalue weighted by molar-refractivity contribution is 5.93. The Morgan fingerprint density at radius 2 is 2.21 bits per heavy atom. The molecule has 0 radical (unpaired) electrons. The van der Waals surface area contributed by atoms with Crippen molar-refractivity contribution in [2.24, 2.45) is 11.7 Å². The summed E-state index contributed by atoms with van der Waals surface area (Å²) in [6.45, 7) is 1.97. The minimum Gasteiger partial charge on any atom is -0.320 e. The van der Waals surface area contributed by atoms with Crippen molar-refractivity contribution in [3.05, 3.63) is 23.9 Å². The molecule has 1 aliphatic carbocycles. The second kappa shape index (κ2) is 6.66. The fraction of sp³-hybridized carbons (Fsp3) is 0.600. The highest BCUT2D eigenvalue weighted by Gasteiger charge is 2.21. The first-order valence-corrected chi connectivity index (χ1v) is 7.14. The molecule has 1 fully saturated rings. The Bertz CT molecular complexity index is 427. The molecule has 0 saturated heterocycles. The number of aromatic nitrogens is 1. The number of nitrogens with zero attached hydrogens (tertiary/aromatic N) is 1. The van der Waals surface area contributed by atoms with Gasteiger partial charge in [0.25, 0.3) is 0 Å². The summed E-state index contributed by atoms with van der Waals surface area (Å²) in [4.78, 5) is 16.1. The first-order valence-electron chi connectivity index (χ1n) is 7.14. The van der Waals surface area contributed by atoms with E-state index in [0.29, 0.717) is 11.7 Å². The Hall–Kier alpha value is -1.42. The molecule has 0 spiro atoms. The molecule has 0 aliphatic heterocycles. The number of pyridine rings is 1. The first kappa shape index (κ1) is 14.0. The van der Waals surface area contributed by atoms with E-state index in [1.807, 2.05) is 19.1 Å². The van der Waals surface area contributed by atoms with Crippen molar-refractivity contribution in [3.63, 3.8) is 0 Å². The van der Waals surface area contributed by atoms with Crippen LogP contribution in [0.4, 0.5) is 5.82 Å². The number of hydrogen-bond donors (Lipinski definition) is 2. The first-order chi connectivity index (χ1) is 9.15. The zero-order valence-electron chi connectivity index (χ0n) is 11.6. The second-order valence-corrected chi connectivity index (χ2v) is 5.55. The minimum absolute atomic E-state index is 0.122. The molecule has 1 heterocycles. The van der Waals surface area contributed by atoms with Gasteiger partial charge in [-0.1, -0.05) is 32.1 Å². The molecular formula is C15H23N3O. The standard InChI is InChI=1S/C15H23N3O/c1-11-7-8-17-14(9-11)18-15(19)13(16)10-12-5-3-2-4-6-12/h7-9,12-13H,2-6,10,16H2,1H3,(H,17,18,19). The summed E-state index contributed by atoms with van der Waals surface area (Å²) >= 11 is 0. The van der Waals surface area contributed by atoms with Crippen molar-refractivity contribution in [1.29, 1.82) is 0 Å². The van der Waals surface area contributed by atoms with E-state index >= 15 is 0 Å². The van der Waals surface area contributed by atoms with E-state index in [1.54, 1.807) is 6.20 Å². The van der Waals surface area contributed by atoms with Crippen molar-refractivity contribution in [3.8, 4) is 0 Å². The summed E-state index contributed by atoms with van der Waals surface area (Å²) in [7, 11) is 0. The number of nitrogens with one attached hydrogen (secondary N) is 1. The molecule has 0 aromatic carbocycles. The van der Waals surface area contributed by atoms with Crippen LogP contribution in [0.15, 0.2) is 18.3 Å². The Morgan fingerprint density at radius 1 is 1.47 bits per heavy atom. The minimum atomic E-state index is -0.426. The summed E-state index contributed by atoms with van der Waals surface area (Å²) in [5.41, 5.74) is 7.07. The zero-order valence-corrected chi connectivity index (χ0v) is 11.6. The maximum atomic E-state index is 12.0. The third kappa shape index (κ3) is 4.31. The molecule has 2 rings (SSSR count). The largest absolute Gasteiger partial charge is 0.320 e. The lowest BCUT2D eigenvalue weighted by molar-refractivity contribution is -0.117. The van der Waals surface area contributed by atoms with Gasteiger partial charge in [0.1, 0.15) is 5.82 Å². The number of rotatable bonds is 4. The predicted octanol–water partition coefficient (Wildman–Crippen LogP) is 2.63. The van der Waals surface area contributed by atoms with Crippen LogP contribution in [0, 0.1) is 12.8 Å². The van der Waals surface area contributed by atoms with E-state index in [2.05, 4.69) is 10.3 Å². The van der Waals surface area contributed by atoms with Gasteiger partial charge in [0.2, 0.25) is 5.91 Å². The summed E-state index contributed by atoms with van der Waals surface area (Å²) in [5, 5.41) is 2.80. The van der Waals surface area contributed by atoms with Crippen molar-refractivity contribution in [2.75, 3.05) is 5.32 Å². The van der Waals surface area contributed by atoms with Gasteiger partial charge < -0.3 is 11.1 Å². The van der Waals surface area contributed by atoms with Crippen LogP contribution in [0.5, 0.6) is 0 Å². The van der Waals surface area contributed by atoms with Crippen LogP contribution < -0.4 is 11.1 Å². The molecule has 19 heavy (non-hydrogen) atoms. The van der Waals surface area contributed by atoms with Gasteiger partial charge in [0.15, 0.2) is 0 Å². The van der Waals surface area contributed by atoms with E-state index < -0.39 is 6.04 Å². The van der Waals surface area contributed by atoms with Crippen LogP contribution in [0.3, 0.4) is 0 Å². The fourth-order valence-electron chi connectivity index (χ4n) is 2.71. The van der Waals surface area contributed by atoms with Crippen LogP contribution in [0.2, 0.25) is 0 Å². The molecule has 1 atom stereocenters. The molecule has 4 nitrogen and oxygen atoms in total. The van der Waals surface area contributed by atoms with Gasteiger partial charge in [-0.2, -0.15) is 0 Å². The van der Waals surface area contributed by atoms with E-state index in [4.69, 9.17) is 5.73 Å². The molecule has 3 N–H and O–H groups in total. The molecular weight excluding hydrogens is 238 g/mol. The number of amides is 1. The van der Waals surface area contributed by atoms with E-state index in [0.717, 1.165) is 12.0 Å². The predicted molar refractivity (Wildman–Crippen MR) is 76.8 cm³/mol. The van der Waals surface area contributed by atoms with Crippen molar-refractivity contribution in [2.45, 2.75) is 51.5 Å². The SMILES string of the molecule is Cc1ccnc(NC(=O)C(N)CC2CCCCC2)c1. The molecule has 1 unspecified atom stereocenters. The number of carbonyl (C=O) groups excluding carboxylic acids is 1. The maximum absolute atomic E-state index is 12.0. The van der Waals surface area contributed by atoms with Gasteiger partial charge >= 0.3 is 0 Å². The lowest BCUT2D eigenvalue weighted by atomic mass is 9.85. The number of nitrogens with two attached hydrogens (primary N) is 1. The second-order valence-electron chi connectivity index (χ2n) is 5.55. The average Bonchev–Trinajstić information content (AvgIpc) is 2.40. The molecule has 4 heteroatoms. The van der Waals surface area contributed by atoms with Gasteiger partial charge in [-0.15, -0.1) is 0 Å². The lowest BCUT2D eigenvalue weighted by Gasteiger charge is -2.24. The van der Waals surface area contributed by atoms with Crippen LogP contribution in [-0.2, 0) is 4.79 Å². The Balaban J connectivity index is 1.84. The highest BCUT2D eigenvalue weighted by Crippen LogP contribution is 2.27. The van der Waals surface area contributed by atoms with Gasteiger partial charge in [0.05, 0.1) is 6.04 Å². The normalized spacial score (nSPS) is 18.0. The maximum Gasteiger partial charge on any atom is 0.242 e. The van der Waals surface area contributed by atoms with Gasteiger partial charge in [-0.05, 0) is 37.0 Å². The van der Waals surface area contributed by atoms with Crippen LogP contribution in [0.1, 0.15) is 44.1 Å². The smallest absolute Gasteiger partial charge is 0.242 e. The fourth-order valence-corrected chi connectivity index (χ4v) is 2.71. The number of hydrogen-bond acceptors (Lipinski definition) is 3. The number of anilines is 1. The van der Waals surface area contributed by atoms with Crippen molar-refractivity contribution in [1.82, 2.24) is 4.98 Å². The molecule has 104 valence electrons. The summed E-state index contributed by atoms with van der Waals surface area (Å²) < 4.78 is 0. The van der Waals surface area contributed by atoms with Crippen LogP contribution in [-0.4, -0.2) is 16.9 Å². The van der Waals surface area contributed by atoms with E-state index in [-0.39, 0.29) is 5.91 Å². The molecule has 1 aromatic rings. The van der Waals surface area contributed by atoms with Crippen molar-refractivity contribution < 1.29 is 4.79 Å². The third-order valence-corrected chi connectivity index (χ3v) is 3.82. The quantitative estimate of drug-likeness (QED) is 0.875. The average molecular weight is 261 g/mol. The Labute approximate surface area is 114 Å². The monoisotopic (exact) mass is 261 g/mol. The summed E-state index contributed by atoms with van der Waals surface area (Å²) in [5.74, 6) is 1.08. The lowest BCUT2D eigenvalue weighted by Crippen LogP contribution is -2.37. The number of aryl methyl sites for hydroxylation is 1. The topological polar surface area (TPSA) is 68.0 Å². The zero-order chi connectivity index (χ0) is 13.7. The molecule has 1 aromatic heterocycles. The Kier molecular flexibility index (Phi) is 4.91. The number of carbonyl (C=O) groups is 1. The van der Waals surface area contributed by atoms with E-state index in [1.165, 1.54) is 32.1 Å². The highest BCUT2D eigenvalue weighted by atomic mass is 16.2. The van der Waals surface area contributed by atoms with Crippen LogP contribution in [0.25, 0.3) is 0 Å². The van der Waals surface area contributed by atoms with Gasteiger partial charge in [-0.3, -0.25) is 4.79 Å². The molecule has 0 bridgehead atoms. The summed E-state index contributed by atoms with van der Waals surface area (Å²) in [6, 6.07) is 3.33. The van der Waals surface area contributed by atoms with Crippen LogP contribution >= 0.6 is 0 Å². The molecule has 1 amide bonds. The van der Waals surface area contributed by atoms with Crippen molar-refractivity contribution >= 4 is 11.7 Å². The third-order valence-electron chi connectivity index (χ3n) is 3.82. The van der Waals surface area contributed by atoms with Gasteiger partial charge in [0, 0.05) is 6.20 Å². The van der Waals surface area contributed by atoms with E-state index in [9.17, 15) is 4.79 Å².